The second-order valence-electron chi connectivity index (χ2n) is 2.43. The molecule has 0 aromatic rings. The maximum Gasteiger partial charge on any atom is 0.326 e. The number of hydrogen-bond donors (Lipinski definition) is 0. The van der Waals surface area contributed by atoms with Gasteiger partial charge in [0, 0.05) is 6.42 Å². The van der Waals surface area contributed by atoms with Gasteiger partial charge in [0.05, 0.1) is 12.7 Å². The van der Waals surface area contributed by atoms with Gasteiger partial charge in [-0.1, -0.05) is 6.92 Å². The van der Waals surface area contributed by atoms with Crippen molar-refractivity contribution >= 4 is 5.97 Å². The number of nitrogens with zero attached hydrogens (tertiary/aromatic N) is 1. The van der Waals surface area contributed by atoms with E-state index in [-0.39, 0.29) is 5.97 Å². The normalized spacial score (nSPS) is 31.4. The summed E-state index contributed by atoms with van der Waals surface area (Å²) in [6, 6.07) is 2.00. The molecule has 1 heterocycles. The summed E-state index contributed by atoms with van der Waals surface area (Å²) in [6.45, 7) is 2.23. The van der Waals surface area contributed by atoms with Crippen molar-refractivity contribution in [2.24, 2.45) is 5.41 Å². The van der Waals surface area contributed by atoms with Crippen LogP contribution in [0.5, 0.6) is 0 Å². The van der Waals surface area contributed by atoms with Crippen LogP contribution < -0.4 is 0 Å². The third-order valence-corrected chi connectivity index (χ3v) is 1.97. The highest BCUT2D eigenvalue weighted by Gasteiger charge is 2.43. The highest BCUT2D eigenvalue weighted by molar-refractivity contribution is 5.81. The lowest BCUT2D eigenvalue weighted by atomic mass is 9.86. The van der Waals surface area contributed by atoms with Crippen molar-refractivity contribution in [3.8, 4) is 6.07 Å². The van der Waals surface area contributed by atoms with Crippen LogP contribution in [0.4, 0.5) is 0 Å². The average Bonchev–Trinajstić information content (AvgIpc) is 2.32. The van der Waals surface area contributed by atoms with Crippen LogP contribution >= 0.6 is 0 Å². The molecule has 3 heteroatoms. The number of esters is 1. The zero-order valence-corrected chi connectivity index (χ0v) is 5.89. The third-order valence-electron chi connectivity index (χ3n) is 1.97. The first-order valence-corrected chi connectivity index (χ1v) is 3.33. The first-order valence-electron chi connectivity index (χ1n) is 3.33. The Labute approximate surface area is 59.6 Å². The van der Waals surface area contributed by atoms with Gasteiger partial charge >= 0.3 is 5.97 Å². The summed E-state index contributed by atoms with van der Waals surface area (Å²) in [7, 11) is 0. The van der Waals surface area contributed by atoms with Crippen LogP contribution in [0.25, 0.3) is 0 Å². The van der Waals surface area contributed by atoms with Gasteiger partial charge in [-0.05, 0) is 6.42 Å². The molecule has 0 aromatic heterocycles. The number of hydrogen-bond acceptors (Lipinski definition) is 3. The van der Waals surface area contributed by atoms with Crippen molar-refractivity contribution < 1.29 is 9.53 Å². The SMILES string of the molecule is CCC1(C#N)CCOC1=O. The van der Waals surface area contributed by atoms with E-state index in [0.29, 0.717) is 19.4 Å². The summed E-state index contributed by atoms with van der Waals surface area (Å²) in [5.41, 5.74) is -0.819. The van der Waals surface area contributed by atoms with Gasteiger partial charge in [0.1, 0.15) is 0 Å². The Bertz CT molecular complexity index is 194. The lowest BCUT2D eigenvalue weighted by Crippen LogP contribution is -2.22. The number of nitriles is 1. The fraction of sp³-hybridized carbons (Fsp3) is 0.714. The summed E-state index contributed by atoms with van der Waals surface area (Å²) < 4.78 is 4.69. The minimum Gasteiger partial charge on any atom is -0.464 e. The first-order chi connectivity index (χ1) is 4.75. The molecule has 54 valence electrons. The number of ether oxygens (including phenoxy) is 1. The second-order valence-corrected chi connectivity index (χ2v) is 2.43. The fourth-order valence-corrected chi connectivity index (χ4v) is 1.06. The Morgan fingerprint density at radius 3 is 2.80 bits per heavy atom. The Morgan fingerprint density at radius 1 is 1.90 bits per heavy atom. The summed E-state index contributed by atoms with van der Waals surface area (Å²) in [5.74, 6) is -0.350. The van der Waals surface area contributed by atoms with Crippen LogP contribution in [0.3, 0.4) is 0 Å². The highest BCUT2D eigenvalue weighted by atomic mass is 16.5. The van der Waals surface area contributed by atoms with Gasteiger partial charge in [-0.25, -0.2) is 0 Å². The van der Waals surface area contributed by atoms with Crippen molar-refractivity contribution in [2.75, 3.05) is 6.61 Å². The van der Waals surface area contributed by atoms with Crippen LogP contribution in [0.2, 0.25) is 0 Å². The Balaban J connectivity index is 2.84. The number of cyclic esters (lactones) is 1. The summed E-state index contributed by atoms with van der Waals surface area (Å²) in [4.78, 5) is 10.9. The molecule has 0 aliphatic carbocycles. The monoisotopic (exact) mass is 139 g/mol. The molecule has 0 bridgehead atoms. The van der Waals surface area contributed by atoms with Gasteiger partial charge in [-0.2, -0.15) is 5.26 Å². The molecule has 1 unspecified atom stereocenters. The maximum absolute atomic E-state index is 10.9. The molecule has 1 aliphatic rings. The molecule has 3 nitrogen and oxygen atoms in total. The molecule has 0 aromatic carbocycles. The molecule has 1 fully saturated rings. The van der Waals surface area contributed by atoms with E-state index < -0.39 is 5.41 Å². The van der Waals surface area contributed by atoms with Crippen molar-refractivity contribution in [3.63, 3.8) is 0 Å². The van der Waals surface area contributed by atoms with Crippen molar-refractivity contribution in [1.82, 2.24) is 0 Å². The van der Waals surface area contributed by atoms with E-state index in [1.165, 1.54) is 0 Å². The van der Waals surface area contributed by atoms with Crippen LogP contribution in [0.15, 0.2) is 0 Å². The maximum atomic E-state index is 10.9. The van der Waals surface area contributed by atoms with E-state index in [9.17, 15) is 4.79 Å². The van der Waals surface area contributed by atoms with E-state index in [1.54, 1.807) is 0 Å². The van der Waals surface area contributed by atoms with Gasteiger partial charge in [0.25, 0.3) is 0 Å². The minimum absolute atomic E-state index is 0.350. The molecule has 0 N–H and O–H groups in total. The lowest BCUT2D eigenvalue weighted by Gasteiger charge is -2.10. The Kier molecular flexibility index (Phi) is 1.62. The lowest BCUT2D eigenvalue weighted by molar-refractivity contribution is -0.143. The highest BCUT2D eigenvalue weighted by Crippen LogP contribution is 2.32. The number of carbonyl (C=O) groups excluding carboxylic acids is 1. The molecule has 1 atom stereocenters. The Morgan fingerprint density at radius 2 is 2.60 bits per heavy atom. The zero-order valence-electron chi connectivity index (χ0n) is 5.89. The van der Waals surface area contributed by atoms with Crippen LogP contribution in [-0.2, 0) is 9.53 Å². The van der Waals surface area contributed by atoms with Crippen molar-refractivity contribution in [3.05, 3.63) is 0 Å². The second kappa shape index (κ2) is 2.30. The molecule has 1 aliphatic heterocycles. The quantitative estimate of drug-likeness (QED) is 0.506. The minimum atomic E-state index is -0.819. The predicted molar refractivity (Wildman–Crippen MR) is 33.9 cm³/mol. The average molecular weight is 139 g/mol. The topological polar surface area (TPSA) is 50.1 Å². The molecule has 0 saturated carbocycles. The zero-order chi connectivity index (χ0) is 7.61. The van der Waals surface area contributed by atoms with Crippen molar-refractivity contribution in [2.45, 2.75) is 19.8 Å². The molecule has 0 radical (unpaired) electrons. The molecule has 0 spiro atoms. The third kappa shape index (κ3) is 0.766. The largest absolute Gasteiger partial charge is 0.464 e. The van der Waals surface area contributed by atoms with E-state index in [4.69, 9.17) is 5.26 Å². The number of rotatable bonds is 1. The number of carbonyl (C=O) groups is 1. The Hall–Kier alpha value is -1.04. The van der Waals surface area contributed by atoms with Crippen LogP contribution in [-0.4, -0.2) is 12.6 Å². The van der Waals surface area contributed by atoms with E-state index in [0.717, 1.165) is 0 Å². The predicted octanol–water partition coefficient (Wildman–Crippen LogP) is 0.853. The summed E-state index contributed by atoms with van der Waals surface area (Å²) in [6.07, 6.45) is 1.11. The fourth-order valence-electron chi connectivity index (χ4n) is 1.06. The van der Waals surface area contributed by atoms with Crippen LogP contribution in [0, 0.1) is 16.7 Å². The molecule has 0 amide bonds. The smallest absolute Gasteiger partial charge is 0.326 e. The molecule has 10 heavy (non-hydrogen) atoms. The molecular formula is C7H9NO2. The van der Waals surface area contributed by atoms with Gasteiger partial charge in [-0.3, -0.25) is 4.79 Å². The molecular weight excluding hydrogens is 130 g/mol. The van der Waals surface area contributed by atoms with Crippen molar-refractivity contribution in [1.29, 1.82) is 5.26 Å². The van der Waals surface area contributed by atoms with Gasteiger partial charge < -0.3 is 4.74 Å². The van der Waals surface area contributed by atoms with Gasteiger partial charge in [0.2, 0.25) is 0 Å². The van der Waals surface area contributed by atoms with E-state index >= 15 is 0 Å². The molecule has 1 saturated heterocycles. The van der Waals surface area contributed by atoms with Gasteiger partial charge in [0.15, 0.2) is 5.41 Å². The standard InChI is InChI=1S/C7H9NO2/c1-2-7(5-8)3-4-10-6(7)9/h2-4H2,1H3. The van der Waals surface area contributed by atoms with E-state index in [2.05, 4.69) is 4.74 Å². The van der Waals surface area contributed by atoms with Crippen LogP contribution in [0.1, 0.15) is 19.8 Å². The summed E-state index contributed by atoms with van der Waals surface area (Å²) >= 11 is 0. The van der Waals surface area contributed by atoms with Gasteiger partial charge in [-0.15, -0.1) is 0 Å². The summed E-state index contributed by atoms with van der Waals surface area (Å²) in [5, 5.41) is 8.64. The molecule has 1 rings (SSSR count). The first kappa shape index (κ1) is 7.07. The van der Waals surface area contributed by atoms with E-state index in [1.807, 2.05) is 13.0 Å².